The Morgan fingerprint density at radius 3 is 2.03 bits per heavy atom. The molecule has 0 spiro atoms. The van der Waals surface area contributed by atoms with Gasteiger partial charge in [0.2, 0.25) is 0 Å². The minimum absolute atomic E-state index is 0.110. The molecule has 1 aliphatic rings. The molecule has 1 fully saturated rings. The Labute approximate surface area is 227 Å². The van der Waals surface area contributed by atoms with Crippen LogP contribution in [0.4, 0.5) is 23.7 Å². The predicted molar refractivity (Wildman–Crippen MR) is 142 cm³/mol. The minimum atomic E-state index is -4.53. The second-order valence-corrected chi connectivity index (χ2v) is 9.83. The number of nitrogens with zero attached hydrogens (tertiary/aromatic N) is 1. The van der Waals surface area contributed by atoms with E-state index in [9.17, 15) is 18.0 Å². The van der Waals surface area contributed by atoms with E-state index in [4.69, 9.17) is 27.9 Å². The molecule has 5 rings (SSSR count). The van der Waals surface area contributed by atoms with Gasteiger partial charge < -0.3 is 10.1 Å². The first-order valence-electron chi connectivity index (χ1n) is 11.7. The Kier molecular flexibility index (Phi) is 6.99. The fraction of sp³-hybridized carbons (Fsp3) is 0.138. The summed E-state index contributed by atoms with van der Waals surface area (Å²) in [6.07, 6.45) is -4.27. The molecule has 4 nitrogen and oxygen atoms in total. The molecule has 194 valence electrons. The van der Waals surface area contributed by atoms with Gasteiger partial charge >= 0.3 is 12.2 Å². The van der Waals surface area contributed by atoms with Gasteiger partial charge in [-0.05, 0) is 83.9 Å². The van der Waals surface area contributed by atoms with Crippen LogP contribution in [0.3, 0.4) is 0 Å². The molecule has 1 atom stereocenters. The van der Waals surface area contributed by atoms with Crippen molar-refractivity contribution in [2.45, 2.75) is 18.1 Å². The SMILES string of the molecule is O=C1NCC(Cc2ccc(Cl)cc2)(c2cccc(C(F)(F)F)c2)N1c1ccc(Oc2ccc(Cl)cc2)cc1. The molecule has 0 bridgehead atoms. The lowest BCUT2D eigenvalue weighted by Gasteiger charge is -2.38. The quantitative estimate of drug-likeness (QED) is 0.258. The molecular formula is C29H21Cl2F3N2O2. The minimum Gasteiger partial charge on any atom is -0.457 e. The average molecular weight is 557 g/mol. The van der Waals surface area contributed by atoms with E-state index in [2.05, 4.69) is 5.32 Å². The summed E-state index contributed by atoms with van der Waals surface area (Å²) in [5.74, 6) is 1.11. The third-order valence-corrected chi connectivity index (χ3v) is 6.95. The lowest BCUT2D eigenvalue weighted by Crippen LogP contribution is -2.47. The highest BCUT2D eigenvalue weighted by molar-refractivity contribution is 6.30. The summed E-state index contributed by atoms with van der Waals surface area (Å²) >= 11 is 12.0. The monoisotopic (exact) mass is 556 g/mol. The topological polar surface area (TPSA) is 41.6 Å². The number of rotatable bonds is 6. The fourth-order valence-corrected chi connectivity index (χ4v) is 4.89. The first-order valence-corrected chi connectivity index (χ1v) is 12.4. The smallest absolute Gasteiger partial charge is 0.416 e. The Hall–Kier alpha value is -3.68. The van der Waals surface area contributed by atoms with E-state index < -0.39 is 23.3 Å². The van der Waals surface area contributed by atoms with Gasteiger partial charge in [-0.25, -0.2) is 4.79 Å². The number of nitrogens with one attached hydrogen (secondary N) is 1. The van der Waals surface area contributed by atoms with Crippen molar-refractivity contribution in [1.29, 1.82) is 0 Å². The highest BCUT2D eigenvalue weighted by Crippen LogP contribution is 2.42. The van der Waals surface area contributed by atoms with E-state index in [0.29, 0.717) is 32.8 Å². The van der Waals surface area contributed by atoms with Crippen LogP contribution in [0.15, 0.2) is 97.1 Å². The maximum Gasteiger partial charge on any atom is 0.416 e. The summed E-state index contributed by atoms with van der Waals surface area (Å²) in [5.41, 5.74) is -0.227. The number of hydrogen-bond acceptors (Lipinski definition) is 2. The number of urea groups is 1. The van der Waals surface area contributed by atoms with Crippen LogP contribution in [0.1, 0.15) is 16.7 Å². The van der Waals surface area contributed by atoms with Crippen molar-refractivity contribution in [1.82, 2.24) is 5.32 Å². The highest BCUT2D eigenvalue weighted by Gasteiger charge is 2.48. The number of halogens is 5. The van der Waals surface area contributed by atoms with Crippen molar-refractivity contribution in [2.24, 2.45) is 0 Å². The summed E-state index contributed by atoms with van der Waals surface area (Å²) in [7, 11) is 0. The summed E-state index contributed by atoms with van der Waals surface area (Å²) < 4.78 is 46.8. The van der Waals surface area contributed by atoms with Crippen LogP contribution in [-0.4, -0.2) is 12.6 Å². The van der Waals surface area contributed by atoms with Crippen molar-refractivity contribution < 1.29 is 22.7 Å². The molecule has 0 saturated carbocycles. The number of ether oxygens (including phenoxy) is 1. The van der Waals surface area contributed by atoms with Crippen molar-refractivity contribution in [3.63, 3.8) is 0 Å². The molecule has 4 aromatic rings. The van der Waals surface area contributed by atoms with E-state index in [0.717, 1.165) is 17.7 Å². The predicted octanol–water partition coefficient (Wildman–Crippen LogP) is 8.47. The molecule has 1 saturated heterocycles. The fourth-order valence-electron chi connectivity index (χ4n) is 4.64. The Morgan fingerprint density at radius 1 is 0.842 bits per heavy atom. The normalized spacial score (nSPS) is 17.4. The molecular weight excluding hydrogens is 536 g/mol. The summed E-state index contributed by atoms with van der Waals surface area (Å²) in [6.45, 7) is 0.110. The lowest BCUT2D eigenvalue weighted by atomic mass is 9.82. The third kappa shape index (κ3) is 5.30. The van der Waals surface area contributed by atoms with Crippen LogP contribution in [0.2, 0.25) is 10.0 Å². The van der Waals surface area contributed by atoms with Crippen molar-refractivity contribution >= 4 is 34.9 Å². The molecule has 1 unspecified atom stereocenters. The van der Waals surface area contributed by atoms with Gasteiger partial charge in [-0.2, -0.15) is 13.2 Å². The van der Waals surface area contributed by atoms with Crippen LogP contribution < -0.4 is 15.0 Å². The number of hydrogen-bond donors (Lipinski definition) is 1. The van der Waals surface area contributed by atoms with E-state index in [1.807, 2.05) is 12.1 Å². The van der Waals surface area contributed by atoms with Gasteiger partial charge in [0.05, 0.1) is 11.1 Å². The second-order valence-electron chi connectivity index (χ2n) is 8.96. The Bertz CT molecular complexity index is 1440. The number of benzene rings is 4. The number of alkyl halides is 3. The third-order valence-electron chi connectivity index (χ3n) is 6.44. The van der Waals surface area contributed by atoms with Gasteiger partial charge in [0.15, 0.2) is 0 Å². The van der Waals surface area contributed by atoms with E-state index in [-0.39, 0.29) is 13.0 Å². The molecule has 0 radical (unpaired) electrons. The Balaban J connectivity index is 1.55. The summed E-state index contributed by atoms with van der Waals surface area (Å²) in [6, 6.07) is 25.5. The summed E-state index contributed by atoms with van der Waals surface area (Å²) in [5, 5.41) is 3.96. The number of carbonyl (C=O) groups excluding carboxylic acids is 1. The zero-order valence-electron chi connectivity index (χ0n) is 19.8. The first kappa shape index (κ1) is 25.9. The molecule has 38 heavy (non-hydrogen) atoms. The molecule has 0 aliphatic carbocycles. The zero-order chi connectivity index (χ0) is 26.9. The molecule has 1 aliphatic heterocycles. The van der Waals surface area contributed by atoms with Crippen LogP contribution >= 0.6 is 23.2 Å². The van der Waals surface area contributed by atoms with Gasteiger partial charge in [0, 0.05) is 28.7 Å². The zero-order valence-corrected chi connectivity index (χ0v) is 21.3. The lowest BCUT2D eigenvalue weighted by molar-refractivity contribution is -0.137. The van der Waals surface area contributed by atoms with E-state index in [1.54, 1.807) is 66.7 Å². The molecule has 4 aromatic carbocycles. The number of carbonyl (C=O) groups is 1. The van der Waals surface area contributed by atoms with Gasteiger partial charge in [-0.1, -0.05) is 47.5 Å². The highest BCUT2D eigenvalue weighted by atomic mass is 35.5. The maximum atomic E-state index is 13.7. The molecule has 1 heterocycles. The van der Waals surface area contributed by atoms with E-state index >= 15 is 0 Å². The molecule has 2 amide bonds. The summed E-state index contributed by atoms with van der Waals surface area (Å²) in [4.78, 5) is 14.7. The van der Waals surface area contributed by atoms with Gasteiger partial charge in [-0.3, -0.25) is 4.90 Å². The van der Waals surface area contributed by atoms with Gasteiger partial charge in [0.1, 0.15) is 11.5 Å². The van der Waals surface area contributed by atoms with Crippen molar-refractivity contribution in [3.05, 3.63) is 124 Å². The molecule has 0 aromatic heterocycles. The molecule has 9 heteroatoms. The van der Waals surface area contributed by atoms with Crippen LogP contribution in [0, 0.1) is 0 Å². The van der Waals surface area contributed by atoms with E-state index in [1.165, 1.54) is 11.0 Å². The van der Waals surface area contributed by atoms with Crippen LogP contribution in [0.25, 0.3) is 0 Å². The molecule has 1 N–H and O–H groups in total. The standard InChI is InChI=1S/C29H21Cl2F3N2O2/c30-22-6-4-19(5-7-22)17-28(20-2-1-3-21(16-20)29(32,33)34)18-35-27(37)36(28)24-10-14-26(15-11-24)38-25-12-8-23(31)9-13-25/h1-16H,17-18H2,(H,35,37). The first-order chi connectivity index (χ1) is 18.1. The van der Waals surface area contributed by atoms with Gasteiger partial charge in [-0.15, -0.1) is 0 Å². The maximum absolute atomic E-state index is 13.7. The largest absolute Gasteiger partial charge is 0.457 e. The number of anilines is 1. The van der Waals surface area contributed by atoms with Crippen molar-refractivity contribution in [3.8, 4) is 11.5 Å². The number of amides is 2. The van der Waals surface area contributed by atoms with Crippen LogP contribution in [-0.2, 0) is 18.1 Å². The Morgan fingerprint density at radius 2 is 1.42 bits per heavy atom. The van der Waals surface area contributed by atoms with Crippen molar-refractivity contribution in [2.75, 3.05) is 11.4 Å². The van der Waals surface area contributed by atoms with Gasteiger partial charge in [0.25, 0.3) is 0 Å². The second kappa shape index (κ2) is 10.2. The van der Waals surface area contributed by atoms with Crippen LogP contribution in [0.5, 0.6) is 11.5 Å². The average Bonchev–Trinajstić information content (AvgIpc) is 3.23.